The van der Waals surface area contributed by atoms with Crippen LogP contribution in [0.2, 0.25) is 5.02 Å². The molecule has 0 saturated heterocycles. The number of benzene rings is 1. The standard InChI is InChI=1S/C12H12ClNO/c1-3-9(4-2)14-12(15)10-7-5-6-8-11(10)13/h1,5-9H,4H2,2H3,(H,14,15). The van der Waals surface area contributed by atoms with Gasteiger partial charge in [0.1, 0.15) is 0 Å². The molecule has 15 heavy (non-hydrogen) atoms. The summed E-state index contributed by atoms with van der Waals surface area (Å²) in [7, 11) is 0. The lowest BCUT2D eigenvalue weighted by Crippen LogP contribution is -2.33. The molecule has 1 aromatic carbocycles. The average Bonchev–Trinajstić information content (AvgIpc) is 2.26. The van der Waals surface area contributed by atoms with Gasteiger partial charge < -0.3 is 5.32 Å². The van der Waals surface area contributed by atoms with Crippen LogP contribution in [0, 0.1) is 12.3 Å². The molecule has 0 aromatic heterocycles. The van der Waals surface area contributed by atoms with Crippen LogP contribution < -0.4 is 5.32 Å². The first-order chi connectivity index (χ1) is 7.19. The van der Waals surface area contributed by atoms with E-state index in [1.165, 1.54) is 0 Å². The minimum absolute atomic E-state index is 0.231. The normalized spacial score (nSPS) is 11.5. The van der Waals surface area contributed by atoms with Gasteiger partial charge in [0.2, 0.25) is 0 Å². The van der Waals surface area contributed by atoms with Gasteiger partial charge in [-0.05, 0) is 18.6 Å². The van der Waals surface area contributed by atoms with E-state index < -0.39 is 0 Å². The molecule has 1 N–H and O–H groups in total. The Morgan fingerprint density at radius 2 is 2.27 bits per heavy atom. The summed E-state index contributed by atoms with van der Waals surface area (Å²) >= 11 is 5.88. The van der Waals surface area contributed by atoms with E-state index in [0.29, 0.717) is 17.0 Å². The highest BCUT2D eigenvalue weighted by Crippen LogP contribution is 2.14. The fraction of sp³-hybridized carbons (Fsp3) is 0.250. The summed E-state index contributed by atoms with van der Waals surface area (Å²) in [5, 5.41) is 3.15. The second kappa shape index (κ2) is 5.43. The molecular weight excluding hydrogens is 210 g/mol. The Labute approximate surface area is 94.6 Å². The van der Waals surface area contributed by atoms with Gasteiger partial charge in [-0.15, -0.1) is 6.42 Å². The van der Waals surface area contributed by atoms with Crippen molar-refractivity contribution in [2.45, 2.75) is 19.4 Å². The first kappa shape index (κ1) is 11.6. The smallest absolute Gasteiger partial charge is 0.253 e. The van der Waals surface area contributed by atoms with Crippen LogP contribution in [0.3, 0.4) is 0 Å². The Hall–Kier alpha value is -1.46. The summed E-state index contributed by atoms with van der Waals surface area (Å²) in [6.07, 6.45) is 5.95. The molecule has 1 rings (SSSR count). The molecule has 0 heterocycles. The number of hydrogen-bond donors (Lipinski definition) is 1. The van der Waals surface area contributed by atoms with Crippen molar-refractivity contribution in [1.82, 2.24) is 5.32 Å². The van der Waals surface area contributed by atoms with Gasteiger partial charge in [-0.2, -0.15) is 0 Å². The zero-order valence-corrected chi connectivity index (χ0v) is 9.21. The number of carbonyl (C=O) groups is 1. The molecule has 0 fully saturated rings. The van der Waals surface area contributed by atoms with Crippen LogP contribution in [0.5, 0.6) is 0 Å². The van der Waals surface area contributed by atoms with Crippen molar-refractivity contribution in [3.63, 3.8) is 0 Å². The number of rotatable bonds is 3. The lowest BCUT2D eigenvalue weighted by atomic mass is 10.2. The van der Waals surface area contributed by atoms with Crippen molar-refractivity contribution in [3.05, 3.63) is 34.9 Å². The number of carbonyl (C=O) groups excluding carboxylic acids is 1. The molecule has 0 aliphatic rings. The van der Waals surface area contributed by atoms with Crippen molar-refractivity contribution in [3.8, 4) is 12.3 Å². The van der Waals surface area contributed by atoms with Crippen LogP contribution in [0.4, 0.5) is 0 Å². The molecule has 0 radical (unpaired) electrons. The second-order valence-corrected chi connectivity index (χ2v) is 3.49. The van der Waals surface area contributed by atoms with Crippen LogP contribution in [0.25, 0.3) is 0 Å². The lowest BCUT2D eigenvalue weighted by Gasteiger charge is -2.11. The number of nitrogens with one attached hydrogen (secondary N) is 1. The highest BCUT2D eigenvalue weighted by atomic mass is 35.5. The van der Waals surface area contributed by atoms with Gasteiger partial charge in [0, 0.05) is 0 Å². The third kappa shape index (κ3) is 3.00. The SMILES string of the molecule is C#CC(CC)NC(=O)c1ccccc1Cl. The third-order valence-corrected chi connectivity index (χ3v) is 2.36. The largest absolute Gasteiger partial charge is 0.338 e. The van der Waals surface area contributed by atoms with Gasteiger partial charge in [0.15, 0.2) is 0 Å². The van der Waals surface area contributed by atoms with Crippen LogP contribution in [-0.4, -0.2) is 11.9 Å². The zero-order chi connectivity index (χ0) is 11.3. The van der Waals surface area contributed by atoms with E-state index in [2.05, 4.69) is 11.2 Å². The molecule has 1 unspecified atom stereocenters. The van der Waals surface area contributed by atoms with Gasteiger partial charge in [0.25, 0.3) is 5.91 Å². The molecule has 78 valence electrons. The fourth-order valence-electron chi connectivity index (χ4n) is 1.14. The Balaban J connectivity index is 2.79. The highest BCUT2D eigenvalue weighted by molar-refractivity contribution is 6.33. The van der Waals surface area contributed by atoms with E-state index in [1.54, 1.807) is 24.3 Å². The summed E-state index contributed by atoms with van der Waals surface area (Å²) < 4.78 is 0. The van der Waals surface area contributed by atoms with Gasteiger partial charge >= 0.3 is 0 Å². The molecule has 0 aliphatic heterocycles. The van der Waals surface area contributed by atoms with E-state index in [-0.39, 0.29) is 11.9 Å². The van der Waals surface area contributed by atoms with Gasteiger partial charge in [-0.3, -0.25) is 4.79 Å². The summed E-state index contributed by atoms with van der Waals surface area (Å²) in [4.78, 5) is 11.7. The molecule has 0 bridgehead atoms. The van der Waals surface area contributed by atoms with Crippen molar-refractivity contribution >= 4 is 17.5 Å². The first-order valence-corrected chi connectivity index (χ1v) is 5.08. The zero-order valence-electron chi connectivity index (χ0n) is 8.46. The minimum atomic E-state index is -0.242. The summed E-state index contributed by atoms with van der Waals surface area (Å²) in [5.74, 6) is 2.27. The number of hydrogen-bond acceptors (Lipinski definition) is 1. The Morgan fingerprint density at radius 1 is 1.60 bits per heavy atom. The van der Waals surface area contributed by atoms with Gasteiger partial charge in [-0.25, -0.2) is 0 Å². The maximum Gasteiger partial charge on any atom is 0.253 e. The Bertz CT molecular complexity index is 395. The monoisotopic (exact) mass is 221 g/mol. The molecule has 1 aromatic rings. The predicted octanol–water partition coefficient (Wildman–Crippen LogP) is 2.48. The average molecular weight is 222 g/mol. The fourth-order valence-corrected chi connectivity index (χ4v) is 1.36. The molecular formula is C12H12ClNO. The summed E-state index contributed by atoms with van der Waals surface area (Å²) in [5.41, 5.74) is 0.452. The Morgan fingerprint density at radius 3 is 2.80 bits per heavy atom. The summed E-state index contributed by atoms with van der Waals surface area (Å²) in [6.45, 7) is 1.91. The lowest BCUT2D eigenvalue weighted by molar-refractivity contribution is 0.0945. The van der Waals surface area contributed by atoms with E-state index in [1.807, 2.05) is 6.92 Å². The van der Waals surface area contributed by atoms with E-state index in [4.69, 9.17) is 18.0 Å². The van der Waals surface area contributed by atoms with Gasteiger partial charge in [-0.1, -0.05) is 36.6 Å². The summed E-state index contributed by atoms with van der Waals surface area (Å²) in [6, 6.07) is 6.64. The molecule has 2 nitrogen and oxygen atoms in total. The van der Waals surface area contributed by atoms with Crippen molar-refractivity contribution in [2.75, 3.05) is 0 Å². The van der Waals surface area contributed by atoms with Crippen LogP contribution in [0.15, 0.2) is 24.3 Å². The minimum Gasteiger partial charge on any atom is -0.338 e. The van der Waals surface area contributed by atoms with Crippen LogP contribution in [-0.2, 0) is 0 Å². The van der Waals surface area contributed by atoms with Crippen molar-refractivity contribution in [1.29, 1.82) is 0 Å². The van der Waals surface area contributed by atoms with Gasteiger partial charge in [0.05, 0.1) is 16.6 Å². The van der Waals surface area contributed by atoms with Crippen molar-refractivity contribution in [2.24, 2.45) is 0 Å². The highest BCUT2D eigenvalue weighted by Gasteiger charge is 2.12. The number of terminal acetylenes is 1. The maximum absolute atomic E-state index is 11.7. The topological polar surface area (TPSA) is 29.1 Å². The van der Waals surface area contributed by atoms with Crippen molar-refractivity contribution < 1.29 is 4.79 Å². The molecule has 0 saturated carbocycles. The molecule has 0 aliphatic carbocycles. The number of amides is 1. The third-order valence-electron chi connectivity index (χ3n) is 2.03. The molecule has 3 heteroatoms. The van der Waals surface area contributed by atoms with Crippen LogP contribution >= 0.6 is 11.6 Å². The first-order valence-electron chi connectivity index (χ1n) is 4.70. The number of halogens is 1. The van der Waals surface area contributed by atoms with Crippen LogP contribution in [0.1, 0.15) is 23.7 Å². The van der Waals surface area contributed by atoms with E-state index in [0.717, 1.165) is 0 Å². The maximum atomic E-state index is 11.7. The van der Waals surface area contributed by atoms with E-state index in [9.17, 15) is 4.79 Å². The molecule has 1 atom stereocenters. The molecule has 1 amide bonds. The quantitative estimate of drug-likeness (QED) is 0.781. The predicted molar refractivity (Wildman–Crippen MR) is 61.8 cm³/mol. The van der Waals surface area contributed by atoms with E-state index >= 15 is 0 Å². The Kier molecular flexibility index (Phi) is 4.20. The second-order valence-electron chi connectivity index (χ2n) is 3.08. The molecule has 0 spiro atoms.